The van der Waals surface area contributed by atoms with Gasteiger partial charge in [0.15, 0.2) is 5.79 Å². The first kappa shape index (κ1) is 21.8. The van der Waals surface area contributed by atoms with Gasteiger partial charge in [-0.05, 0) is 26.2 Å². The smallest absolute Gasteiger partial charge is 0.162 e. The Bertz CT molecular complexity index is 235. The summed E-state index contributed by atoms with van der Waals surface area (Å²) < 4.78 is 21.6. The summed E-state index contributed by atoms with van der Waals surface area (Å²) >= 11 is 0. The maximum Gasteiger partial charge on any atom is 0.162 e. The van der Waals surface area contributed by atoms with E-state index in [1.54, 1.807) is 6.92 Å². The van der Waals surface area contributed by atoms with Crippen molar-refractivity contribution in [2.45, 2.75) is 57.8 Å². The van der Waals surface area contributed by atoms with E-state index in [0.29, 0.717) is 32.8 Å². The van der Waals surface area contributed by atoms with E-state index >= 15 is 0 Å². The summed E-state index contributed by atoms with van der Waals surface area (Å²) in [5, 5.41) is 18.5. The molecule has 0 aromatic heterocycles. The summed E-state index contributed by atoms with van der Waals surface area (Å²) in [5.41, 5.74) is 0. The first-order chi connectivity index (χ1) is 10.6. The van der Waals surface area contributed by atoms with Crippen LogP contribution in [0.25, 0.3) is 0 Å². The number of unbranched alkanes of at least 4 members (excludes halogenated alkanes) is 1. The predicted octanol–water partition coefficient (Wildman–Crippen LogP) is 1.72. The number of hydrogen-bond donors (Lipinski definition) is 2. The zero-order valence-electron chi connectivity index (χ0n) is 14.4. The van der Waals surface area contributed by atoms with Crippen molar-refractivity contribution >= 4 is 0 Å². The molecule has 0 fully saturated rings. The lowest BCUT2D eigenvalue weighted by Crippen LogP contribution is -2.28. The van der Waals surface area contributed by atoms with Crippen LogP contribution in [0.1, 0.15) is 46.0 Å². The predicted molar refractivity (Wildman–Crippen MR) is 84.9 cm³/mol. The summed E-state index contributed by atoms with van der Waals surface area (Å²) in [7, 11) is 1.50. The molecule has 0 heterocycles. The maximum atomic E-state index is 9.82. The van der Waals surface area contributed by atoms with Crippen LogP contribution in [-0.4, -0.2) is 68.9 Å². The number of hydrogen-bond acceptors (Lipinski definition) is 6. The van der Waals surface area contributed by atoms with Crippen molar-refractivity contribution in [3.63, 3.8) is 0 Å². The largest absolute Gasteiger partial charge is 0.394 e. The molecule has 2 atom stereocenters. The van der Waals surface area contributed by atoms with E-state index in [-0.39, 0.29) is 12.7 Å². The van der Waals surface area contributed by atoms with Crippen LogP contribution in [0.3, 0.4) is 0 Å². The highest BCUT2D eigenvalue weighted by molar-refractivity contribution is 4.64. The fourth-order valence-corrected chi connectivity index (χ4v) is 1.88. The third-order valence-electron chi connectivity index (χ3n) is 3.37. The molecular weight excluding hydrogens is 288 g/mol. The van der Waals surface area contributed by atoms with E-state index in [2.05, 4.69) is 6.92 Å². The summed E-state index contributed by atoms with van der Waals surface area (Å²) in [6.45, 7) is 6.37. The number of aliphatic hydroxyl groups is 2. The SMILES string of the molecule is CCCCOCC(CCCC(C)(O)OC)OCCOCCO. The van der Waals surface area contributed by atoms with Gasteiger partial charge in [-0.3, -0.25) is 0 Å². The third kappa shape index (κ3) is 13.4. The van der Waals surface area contributed by atoms with Crippen molar-refractivity contribution in [1.82, 2.24) is 0 Å². The number of rotatable bonds is 16. The minimum absolute atomic E-state index is 0.0118. The monoisotopic (exact) mass is 322 g/mol. The molecule has 22 heavy (non-hydrogen) atoms. The Hall–Kier alpha value is -0.240. The van der Waals surface area contributed by atoms with Gasteiger partial charge in [0.1, 0.15) is 0 Å². The fraction of sp³-hybridized carbons (Fsp3) is 1.00. The minimum Gasteiger partial charge on any atom is -0.394 e. The van der Waals surface area contributed by atoms with Crippen LogP contribution in [0.2, 0.25) is 0 Å². The van der Waals surface area contributed by atoms with Gasteiger partial charge in [-0.25, -0.2) is 0 Å². The van der Waals surface area contributed by atoms with Crippen LogP contribution in [-0.2, 0) is 18.9 Å². The van der Waals surface area contributed by atoms with Crippen LogP contribution in [0, 0.1) is 0 Å². The molecule has 0 aliphatic carbocycles. The Labute approximate surface area is 134 Å². The van der Waals surface area contributed by atoms with Crippen LogP contribution >= 0.6 is 0 Å². The van der Waals surface area contributed by atoms with Gasteiger partial charge in [-0.2, -0.15) is 0 Å². The normalized spacial score (nSPS) is 15.7. The van der Waals surface area contributed by atoms with Gasteiger partial charge >= 0.3 is 0 Å². The first-order valence-electron chi connectivity index (χ1n) is 8.21. The second kappa shape index (κ2) is 14.4. The Kier molecular flexibility index (Phi) is 14.2. The Morgan fingerprint density at radius 2 is 1.82 bits per heavy atom. The van der Waals surface area contributed by atoms with E-state index in [1.165, 1.54) is 7.11 Å². The van der Waals surface area contributed by atoms with E-state index in [1.807, 2.05) is 0 Å². The molecule has 0 saturated heterocycles. The van der Waals surface area contributed by atoms with E-state index in [0.717, 1.165) is 32.3 Å². The summed E-state index contributed by atoms with van der Waals surface area (Å²) in [5.74, 6) is -1.09. The molecule has 134 valence electrons. The summed E-state index contributed by atoms with van der Waals surface area (Å²) in [6, 6.07) is 0. The Morgan fingerprint density at radius 1 is 1.05 bits per heavy atom. The molecule has 0 amide bonds. The van der Waals surface area contributed by atoms with Crippen LogP contribution in [0.5, 0.6) is 0 Å². The zero-order chi connectivity index (χ0) is 16.7. The molecule has 6 heteroatoms. The second-order valence-electron chi connectivity index (χ2n) is 5.53. The van der Waals surface area contributed by atoms with E-state index in [4.69, 9.17) is 24.1 Å². The molecule has 2 unspecified atom stereocenters. The molecule has 0 spiro atoms. The molecule has 0 aromatic carbocycles. The summed E-state index contributed by atoms with van der Waals surface area (Å²) in [4.78, 5) is 0. The van der Waals surface area contributed by atoms with Crippen molar-refractivity contribution in [3.8, 4) is 0 Å². The molecule has 0 rings (SSSR count). The minimum atomic E-state index is -1.09. The Balaban J connectivity index is 3.93. The average molecular weight is 322 g/mol. The number of aliphatic hydroxyl groups excluding tert-OH is 1. The lowest BCUT2D eigenvalue weighted by Gasteiger charge is -2.23. The molecule has 2 N–H and O–H groups in total. The zero-order valence-corrected chi connectivity index (χ0v) is 14.4. The quantitative estimate of drug-likeness (QED) is 0.333. The fourth-order valence-electron chi connectivity index (χ4n) is 1.88. The van der Waals surface area contributed by atoms with Crippen molar-refractivity contribution in [3.05, 3.63) is 0 Å². The van der Waals surface area contributed by atoms with Crippen molar-refractivity contribution in [1.29, 1.82) is 0 Å². The standard InChI is InChI=1S/C16H34O6/c1-4-5-10-21-14-15(22-13-12-20-11-9-17)7-6-8-16(2,18)19-3/h15,17-18H,4-14H2,1-3H3. The van der Waals surface area contributed by atoms with Gasteiger partial charge in [-0.1, -0.05) is 13.3 Å². The van der Waals surface area contributed by atoms with Crippen LogP contribution in [0.15, 0.2) is 0 Å². The molecule has 0 aliphatic rings. The number of ether oxygens (including phenoxy) is 4. The molecule has 0 bridgehead atoms. The van der Waals surface area contributed by atoms with E-state index in [9.17, 15) is 5.11 Å². The van der Waals surface area contributed by atoms with Crippen molar-refractivity contribution in [2.24, 2.45) is 0 Å². The highest BCUT2D eigenvalue weighted by Crippen LogP contribution is 2.16. The first-order valence-corrected chi connectivity index (χ1v) is 8.21. The van der Waals surface area contributed by atoms with E-state index < -0.39 is 5.79 Å². The molecule has 6 nitrogen and oxygen atoms in total. The topological polar surface area (TPSA) is 77.4 Å². The highest BCUT2D eigenvalue weighted by Gasteiger charge is 2.19. The van der Waals surface area contributed by atoms with Crippen molar-refractivity contribution in [2.75, 3.05) is 46.8 Å². The van der Waals surface area contributed by atoms with Gasteiger partial charge in [0.25, 0.3) is 0 Å². The van der Waals surface area contributed by atoms with Gasteiger partial charge < -0.3 is 29.2 Å². The Morgan fingerprint density at radius 3 is 2.45 bits per heavy atom. The van der Waals surface area contributed by atoms with Gasteiger partial charge in [-0.15, -0.1) is 0 Å². The lowest BCUT2D eigenvalue weighted by atomic mass is 10.1. The van der Waals surface area contributed by atoms with Crippen molar-refractivity contribution < 1.29 is 29.2 Å². The third-order valence-corrected chi connectivity index (χ3v) is 3.37. The molecule has 0 aromatic rings. The number of methoxy groups -OCH3 is 1. The molecule has 0 saturated carbocycles. The van der Waals surface area contributed by atoms with Crippen LogP contribution < -0.4 is 0 Å². The highest BCUT2D eigenvalue weighted by atomic mass is 16.6. The molecular formula is C16H34O6. The maximum absolute atomic E-state index is 9.82. The van der Waals surface area contributed by atoms with Crippen LogP contribution in [0.4, 0.5) is 0 Å². The molecule has 0 radical (unpaired) electrons. The molecule has 0 aliphatic heterocycles. The van der Waals surface area contributed by atoms with Gasteiger partial charge in [0.2, 0.25) is 0 Å². The van der Waals surface area contributed by atoms with Gasteiger partial charge in [0, 0.05) is 20.1 Å². The lowest BCUT2D eigenvalue weighted by molar-refractivity contribution is -0.176. The van der Waals surface area contributed by atoms with Gasteiger partial charge in [0.05, 0.1) is 39.1 Å². The second-order valence-corrected chi connectivity index (χ2v) is 5.53. The average Bonchev–Trinajstić information content (AvgIpc) is 2.50. The summed E-state index contributed by atoms with van der Waals surface area (Å²) in [6.07, 6.45) is 4.29.